The highest BCUT2D eigenvalue weighted by Gasteiger charge is 2.16. The quantitative estimate of drug-likeness (QED) is 0.445. The maximum absolute atomic E-state index is 13.5. The maximum atomic E-state index is 13.5. The molecule has 0 spiro atoms. The molecule has 8 heteroatoms. The molecule has 34 heavy (non-hydrogen) atoms. The molecule has 3 aromatic heterocycles. The largest absolute Gasteiger partial charge is 0.381 e. The van der Waals surface area contributed by atoms with Gasteiger partial charge in [-0.15, -0.1) is 0 Å². The number of hydrogen-bond acceptors (Lipinski definition) is 6. The van der Waals surface area contributed by atoms with Crippen LogP contribution in [0.15, 0.2) is 65.6 Å². The standard InChI is InChI=1S/C26H26FN5O2/c27-20-6-4-19(5-7-20)22-8-9-23-25(31-22)32(17-21-3-1-2-13-28-21)26(33)24(30-23)29-14-10-18-11-15-34-16-12-18/h1-9,13,18H,10-12,14-17H2,(H,29,30). The minimum absolute atomic E-state index is 0.242. The van der Waals surface area contributed by atoms with Crippen molar-refractivity contribution >= 4 is 17.0 Å². The Balaban J connectivity index is 1.50. The summed E-state index contributed by atoms with van der Waals surface area (Å²) in [6.45, 7) is 2.55. The second-order valence-electron chi connectivity index (χ2n) is 8.49. The van der Waals surface area contributed by atoms with E-state index in [4.69, 9.17) is 9.72 Å². The molecule has 1 aliphatic heterocycles. The Bertz CT molecular complexity index is 1320. The Morgan fingerprint density at radius 3 is 2.62 bits per heavy atom. The molecule has 5 rings (SSSR count). The number of fused-ring (bicyclic) bond motifs is 1. The van der Waals surface area contributed by atoms with Gasteiger partial charge in [0.2, 0.25) is 0 Å². The van der Waals surface area contributed by atoms with Gasteiger partial charge >= 0.3 is 0 Å². The number of hydrogen-bond donors (Lipinski definition) is 1. The lowest BCUT2D eigenvalue weighted by Gasteiger charge is -2.22. The first-order chi connectivity index (χ1) is 16.7. The van der Waals surface area contributed by atoms with Gasteiger partial charge < -0.3 is 10.1 Å². The fourth-order valence-electron chi connectivity index (χ4n) is 4.25. The normalized spacial score (nSPS) is 14.4. The summed E-state index contributed by atoms with van der Waals surface area (Å²) in [5, 5.41) is 3.26. The van der Waals surface area contributed by atoms with Crippen molar-refractivity contribution in [3.8, 4) is 11.3 Å². The molecule has 1 aliphatic rings. The van der Waals surface area contributed by atoms with Crippen molar-refractivity contribution in [2.45, 2.75) is 25.8 Å². The predicted molar refractivity (Wildman–Crippen MR) is 129 cm³/mol. The van der Waals surface area contributed by atoms with E-state index in [9.17, 15) is 9.18 Å². The zero-order valence-corrected chi connectivity index (χ0v) is 18.8. The van der Waals surface area contributed by atoms with Crippen LogP contribution in [-0.4, -0.2) is 39.3 Å². The fourth-order valence-corrected chi connectivity index (χ4v) is 4.25. The number of halogens is 1. The van der Waals surface area contributed by atoms with Crippen molar-refractivity contribution in [1.29, 1.82) is 0 Å². The zero-order valence-electron chi connectivity index (χ0n) is 18.8. The maximum Gasteiger partial charge on any atom is 0.295 e. The molecule has 174 valence electrons. The first kappa shape index (κ1) is 22.2. The van der Waals surface area contributed by atoms with Gasteiger partial charge in [0.25, 0.3) is 5.56 Å². The van der Waals surface area contributed by atoms with Crippen LogP contribution < -0.4 is 10.9 Å². The van der Waals surface area contributed by atoms with E-state index in [0.717, 1.165) is 43.7 Å². The van der Waals surface area contributed by atoms with Crippen LogP contribution in [0.4, 0.5) is 10.2 Å². The van der Waals surface area contributed by atoms with E-state index in [1.807, 2.05) is 30.3 Å². The van der Waals surface area contributed by atoms with Crippen LogP contribution in [0.5, 0.6) is 0 Å². The van der Waals surface area contributed by atoms with Crippen LogP contribution in [-0.2, 0) is 11.3 Å². The molecule has 1 N–H and O–H groups in total. The molecule has 1 saturated heterocycles. The lowest BCUT2D eigenvalue weighted by Crippen LogP contribution is -2.28. The van der Waals surface area contributed by atoms with Crippen LogP contribution in [0.2, 0.25) is 0 Å². The first-order valence-electron chi connectivity index (χ1n) is 11.6. The van der Waals surface area contributed by atoms with E-state index in [-0.39, 0.29) is 17.9 Å². The van der Waals surface area contributed by atoms with E-state index in [0.29, 0.717) is 35.1 Å². The Morgan fingerprint density at radius 2 is 1.85 bits per heavy atom. The molecule has 0 saturated carbocycles. The van der Waals surface area contributed by atoms with Crippen LogP contribution in [0.3, 0.4) is 0 Å². The SMILES string of the molecule is O=c1c(NCCC2CCOCC2)nc2ccc(-c3ccc(F)cc3)nc2n1Cc1ccccn1. The van der Waals surface area contributed by atoms with E-state index in [1.165, 1.54) is 12.1 Å². The van der Waals surface area contributed by atoms with Gasteiger partial charge in [-0.2, -0.15) is 0 Å². The van der Waals surface area contributed by atoms with E-state index in [2.05, 4.69) is 15.3 Å². The molecule has 4 aromatic rings. The Kier molecular flexibility index (Phi) is 6.58. The molecule has 4 heterocycles. The molecule has 1 fully saturated rings. The third-order valence-corrected chi connectivity index (χ3v) is 6.16. The van der Waals surface area contributed by atoms with E-state index >= 15 is 0 Å². The molecule has 0 aliphatic carbocycles. The topological polar surface area (TPSA) is 81.9 Å². The third kappa shape index (κ3) is 4.97. The summed E-state index contributed by atoms with van der Waals surface area (Å²) >= 11 is 0. The van der Waals surface area contributed by atoms with Gasteiger partial charge in [0.1, 0.15) is 11.3 Å². The summed E-state index contributed by atoms with van der Waals surface area (Å²) in [5.74, 6) is 0.596. The second kappa shape index (κ2) is 10.1. The number of benzene rings is 1. The number of rotatable bonds is 7. The Labute approximate surface area is 196 Å². The highest BCUT2D eigenvalue weighted by molar-refractivity contribution is 5.76. The smallest absolute Gasteiger partial charge is 0.295 e. The van der Waals surface area contributed by atoms with Crippen molar-refractivity contribution in [3.05, 3.63) is 82.7 Å². The number of nitrogens with zero attached hydrogens (tertiary/aromatic N) is 4. The Morgan fingerprint density at radius 1 is 1.03 bits per heavy atom. The van der Waals surface area contributed by atoms with E-state index < -0.39 is 0 Å². The minimum Gasteiger partial charge on any atom is -0.381 e. The van der Waals surface area contributed by atoms with Gasteiger partial charge in [0.15, 0.2) is 11.5 Å². The van der Waals surface area contributed by atoms with Crippen LogP contribution >= 0.6 is 0 Å². The molecule has 0 radical (unpaired) electrons. The lowest BCUT2D eigenvalue weighted by atomic mass is 9.97. The summed E-state index contributed by atoms with van der Waals surface area (Å²) in [5.41, 5.74) is 2.98. The minimum atomic E-state index is -0.310. The van der Waals surface area contributed by atoms with Gasteiger partial charge in [-0.25, -0.2) is 14.4 Å². The van der Waals surface area contributed by atoms with Gasteiger partial charge in [-0.1, -0.05) is 6.07 Å². The molecular formula is C26H26FN5O2. The molecule has 0 unspecified atom stereocenters. The summed E-state index contributed by atoms with van der Waals surface area (Å²) in [6.07, 6.45) is 4.76. The molecular weight excluding hydrogens is 433 g/mol. The van der Waals surface area contributed by atoms with Crippen molar-refractivity contribution in [1.82, 2.24) is 19.5 Å². The second-order valence-corrected chi connectivity index (χ2v) is 8.49. The number of nitrogens with one attached hydrogen (secondary N) is 1. The van der Waals surface area contributed by atoms with Crippen molar-refractivity contribution in [2.75, 3.05) is 25.1 Å². The molecule has 0 amide bonds. The van der Waals surface area contributed by atoms with Crippen LogP contribution in [0, 0.1) is 11.7 Å². The average molecular weight is 460 g/mol. The summed E-state index contributed by atoms with van der Waals surface area (Å²) < 4.78 is 20.4. The number of ether oxygens (including phenoxy) is 1. The van der Waals surface area contributed by atoms with Crippen molar-refractivity contribution in [3.63, 3.8) is 0 Å². The first-order valence-corrected chi connectivity index (χ1v) is 11.6. The lowest BCUT2D eigenvalue weighted by molar-refractivity contribution is 0.0649. The Hall–Kier alpha value is -3.65. The van der Waals surface area contributed by atoms with Crippen molar-refractivity contribution in [2.24, 2.45) is 5.92 Å². The van der Waals surface area contributed by atoms with Gasteiger partial charge in [-0.05, 0) is 73.7 Å². The molecule has 0 bridgehead atoms. The summed E-state index contributed by atoms with van der Waals surface area (Å²) in [6, 6.07) is 15.4. The predicted octanol–water partition coefficient (Wildman–Crippen LogP) is 4.27. The van der Waals surface area contributed by atoms with Crippen LogP contribution in [0.25, 0.3) is 22.4 Å². The number of aromatic nitrogens is 4. The number of anilines is 1. The summed E-state index contributed by atoms with van der Waals surface area (Å²) in [4.78, 5) is 27.2. The van der Waals surface area contributed by atoms with E-state index in [1.54, 1.807) is 22.9 Å². The van der Waals surface area contributed by atoms with Crippen molar-refractivity contribution < 1.29 is 9.13 Å². The summed E-state index contributed by atoms with van der Waals surface area (Å²) in [7, 11) is 0. The van der Waals surface area contributed by atoms with Gasteiger partial charge in [-0.3, -0.25) is 14.3 Å². The zero-order chi connectivity index (χ0) is 23.3. The fraction of sp³-hybridized carbons (Fsp3) is 0.308. The molecule has 1 aromatic carbocycles. The average Bonchev–Trinajstić information content (AvgIpc) is 2.88. The van der Waals surface area contributed by atoms with Crippen LogP contribution in [0.1, 0.15) is 25.0 Å². The van der Waals surface area contributed by atoms with Gasteiger partial charge in [0, 0.05) is 31.5 Å². The van der Waals surface area contributed by atoms with Gasteiger partial charge in [0.05, 0.1) is 17.9 Å². The highest BCUT2D eigenvalue weighted by atomic mass is 19.1. The highest BCUT2D eigenvalue weighted by Crippen LogP contribution is 2.22. The molecule has 7 nitrogen and oxygen atoms in total. The monoisotopic (exact) mass is 459 g/mol. The third-order valence-electron chi connectivity index (χ3n) is 6.16. The number of pyridine rings is 2. The molecule has 0 atom stereocenters.